The van der Waals surface area contributed by atoms with Crippen LogP contribution in [0.5, 0.6) is 5.75 Å². The molecular weight excluding hydrogens is 238 g/mol. The van der Waals surface area contributed by atoms with Gasteiger partial charge in [-0.3, -0.25) is 0 Å². The van der Waals surface area contributed by atoms with E-state index >= 15 is 0 Å². The number of aliphatic hydroxyl groups excluding tert-OH is 1. The molecule has 2 aromatic carbocycles. The third-order valence-electron chi connectivity index (χ3n) is 3.84. The molecule has 0 amide bonds. The molecule has 0 radical (unpaired) electrons. The lowest BCUT2D eigenvalue weighted by molar-refractivity contribution is 0.149. The lowest BCUT2D eigenvalue weighted by atomic mass is 9.88. The van der Waals surface area contributed by atoms with Gasteiger partial charge < -0.3 is 15.5 Å². The molecule has 0 spiro atoms. The Morgan fingerprint density at radius 1 is 1.11 bits per heavy atom. The molecule has 3 nitrogen and oxygen atoms in total. The zero-order valence-corrected chi connectivity index (χ0v) is 11.5. The van der Waals surface area contributed by atoms with E-state index in [0.29, 0.717) is 12.3 Å². The van der Waals surface area contributed by atoms with Crippen LogP contribution in [0.1, 0.15) is 20.3 Å². The topological polar surface area (TPSA) is 52.5 Å². The number of fused-ring (bicyclic) bond motifs is 1. The fourth-order valence-corrected chi connectivity index (χ4v) is 2.05. The Kier molecular flexibility index (Phi) is 3.96. The monoisotopic (exact) mass is 259 g/mol. The minimum Gasteiger partial charge on any atom is -0.507 e. The average molecular weight is 259 g/mol. The second-order valence-corrected chi connectivity index (χ2v) is 5.35. The number of hydrogen-bond donors (Lipinski definition) is 3. The maximum atomic E-state index is 9.85. The summed E-state index contributed by atoms with van der Waals surface area (Å²) in [6, 6.07) is 11.3. The molecule has 2 rings (SSSR count). The van der Waals surface area contributed by atoms with Crippen molar-refractivity contribution >= 4 is 16.5 Å². The van der Waals surface area contributed by atoms with Gasteiger partial charge in [0.25, 0.3) is 0 Å². The van der Waals surface area contributed by atoms with Crippen molar-refractivity contribution in [3.8, 4) is 5.75 Å². The normalized spacial score (nSPS) is 14.3. The van der Waals surface area contributed by atoms with Crippen molar-refractivity contribution < 1.29 is 10.2 Å². The van der Waals surface area contributed by atoms with E-state index in [-0.39, 0.29) is 12.0 Å². The van der Waals surface area contributed by atoms with Gasteiger partial charge in [0.1, 0.15) is 5.75 Å². The Bertz CT molecular complexity index is 562. The van der Waals surface area contributed by atoms with Crippen molar-refractivity contribution in [2.75, 3.05) is 18.5 Å². The van der Waals surface area contributed by atoms with Crippen LogP contribution < -0.4 is 5.32 Å². The van der Waals surface area contributed by atoms with Gasteiger partial charge in [0, 0.05) is 28.4 Å². The Labute approximate surface area is 113 Å². The molecule has 3 N–H and O–H groups in total. The summed E-state index contributed by atoms with van der Waals surface area (Å²) in [5, 5.41) is 24.5. The predicted molar refractivity (Wildman–Crippen MR) is 79.6 cm³/mol. The summed E-state index contributed by atoms with van der Waals surface area (Å²) >= 11 is 0. The van der Waals surface area contributed by atoms with Crippen LogP contribution in [0.2, 0.25) is 0 Å². The van der Waals surface area contributed by atoms with Gasteiger partial charge in [0.05, 0.1) is 6.61 Å². The number of aromatic hydroxyl groups is 1. The first-order valence-electron chi connectivity index (χ1n) is 6.65. The van der Waals surface area contributed by atoms with Crippen LogP contribution in [0, 0.1) is 5.41 Å². The Morgan fingerprint density at radius 3 is 2.47 bits per heavy atom. The van der Waals surface area contributed by atoms with Crippen molar-refractivity contribution in [1.29, 1.82) is 0 Å². The molecule has 0 bridgehead atoms. The van der Waals surface area contributed by atoms with E-state index in [0.717, 1.165) is 22.9 Å². The summed E-state index contributed by atoms with van der Waals surface area (Å²) in [6.45, 7) is 5.00. The summed E-state index contributed by atoms with van der Waals surface area (Å²) in [4.78, 5) is 0. The summed E-state index contributed by atoms with van der Waals surface area (Å²) in [5.41, 5.74) is 0.862. The first-order chi connectivity index (χ1) is 9.09. The van der Waals surface area contributed by atoms with E-state index < -0.39 is 0 Å². The van der Waals surface area contributed by atoms with Gasteiger partial charge in [0.15, 0.2) is 0 Å². The molecule has 0 aliphatic rings. The van der Waals surface area contributed by atoms with Crippen molar-refractivity contribution in [2.45, 2.75) is 20.3 Å². The van der Waals surface area contributed by atoms with Gasteiger partial charge >= 0.3 is 0 Å². The Balaban J connectivity index is 2.29. The zero-order valence-electron chi connectivity index (χ0n) is 11.5. The lowest BCUT2D eigenvalue weighted by Crippen LogP contribution is -2.29. The van der Waals surface area contributed by atoms with Crippen molar-refractivity contribution in [2.24, 2.45) is 5.41 Å². The lowest BCUT2D eigenvalue weighted by Gasteiger charge is -2.26. The molecule has 1 atom stereocenters. The fourth-order valence-electron chi connectivity index (χ4n) is 2.05. The number of hydrogen-bond acceptors (Lipinski definition) is 3. The number of aliphatic hydroxyl groups is 1. The average Bonchev–Trinajstić information content (AvgIpc) is 2.45. The molecule has 0 fully saturated rings. The molecule has 0 saturated carbocycles. The molecule has 0 aromatic heterocycles. The Morgan fingerprint density at radius 2 is 1.79 bits per heavy atom. The quantitative estimate of drug-likeness (QED) is 0.771. The second kappa shape index (κ2) is 5.49. The summed E-state index contributed by atoms with van der Waals surface area (Å²) in [6.07, 6.45) is 0.909. The number of anilines is 1. The first kappa shape index (κ1) is 13.7. The van der Waals surface area contributed by atoms with Crippen LogP contribution >= 0.6 is 0 Å². The van der Waals surface area contributed by atoms with Gasteiger partial charge in [-0.1, -0.05) is 38.1 Å². The number of phenolic OH excluding ortho intramolecular Hbond substituents is 1. The maximum absolute atomic E-state index is 9.85. The zero-order chi connectivity index (χ0) is 13.9. The molecule has 0 aliphatic carbocycles. The molecule has 2 aromatic rings. The van der Waals surface area contributed by atoms with Crippen molar-refractivity contribution in [3.05, 3.63) is 36.4 Å². The van der Waals surface area contributed by atoms with Crippen LogP contribution in [0.25, 0.3) is 10.8 Å². The number of rotatable bonds is 5. The predicted octanol–water partition coefficient (Wildman–Crippen LogP) is 3.37. The molecule has 102 valence electrons. The summed E-state index contributed by atoms with van der Waals surface area (Å²) in [7, 11) is 0. The van der Waals surface area contributed by atoms with E-state index in [1.807, 2.05) is 30.3 Å². The molecular formula is C16H21NO2. The van der Waals surface area contributed by atoms with Crippen LogP contribution in [-0.2, 0) is 0 Å². The highest BCUT2D eigenvalue weighted by Gasteiger charge is 2.20. The van der Waals surface area contributed by atoms with Crippen molar-refractivity contribution in [1.82, 2.24) is 0 Å². The van der Waals surface area contributed by atoms with Crippen LogP contribution in [-0.4, -0.2) is 23.4 Å². The van der Waals surface area contributed by atoms with E-state index in [4.69, 9.17) is 0 Å². The van der Waals surface area contributed by atoms with Gasteiger partial charge in [-0.2, -0.15) is 0 Å². The van der Waals surface area contributed by atoms with Gasteiger partial charge in [-0.05, 0) is 18.6 Å². The van der Waals surface area contributed by atoms with Crippen molar-refractivity contribution in [3.63, 3.8) is 0 Å². The molecule has 1 unspecified atom stereocenters. The largest absolute Gasteiger partial charge is 0.507 e. The molecule has 19 heavy (non-hydrogen) atoms. The van der Waals surface area contributed by atoms with Crippen LogP contribution in [0.4, 0.5) is 5.69 Å². The first-order valence-corrected chi connectivity index (χ1v) is 6.65. The molecule has 0 saturated heterocycles. The van der Waals surface area contributed by atoms with E-state index in [9.17, 15) is 10.2 Å². The van der Waals surface area contributed by atoms with Gasteiger partial charge in [-0.25, -0.2) is 0 Å². The highest BCUT2D eigenvalue weighted by Crippen LogP contribution is 2.30. The highest BCUT2D eigenvalue weighted by atomic mass is 16.3. The molecule has 0 aliphatic heterocycles. The SMILES string of the molecule is CCC(C)(CO)CNc1cccc2c(O)cccc12. The smallest absolute Gasteiger partial charge is 0.123 e. The third-order valence-corrected chi connectivity index (χ3v) is 3.84. The van der Waals surface area contributed by atoms with Gasteiger partial charge in [-0.15, -0.1) is 0 Å². The molecule has 0 heterocycles. The van der Waals surface area contributed by atoms with E-state index in [1.165, 1.54) is 0 Å². The Hall–Kier alpha value is -1.74. The third kappa shape index (κ3) is 2.82. The number of benzene rings is 2. The number of phenols is 1. The highest BCUT2D eigenvalue weighted by molar-refractivity contribution is 5.97. The molecule has 3 heteroatoms. The fraction of sp³-hybridized carbons (Fsp3) is 0.375. The maximum Gasteiger partial charge on any atom is 0.123 e. The standard InChI is InChI=1S/C16H21NO2/c1-3-16(2,11-18)10-17-14-8-4-7-13-12(14)6-5-9-15(13)19/h4-9,17-19H,3,10-11H2,1-2H3. The van der Waals surface area contributed by atoms with Crippen LogP contribution in [0.3, 0.4) is 0 Å². The van der Waals surface area contributed by atoms with Crippen LogP contribution in [0.15, 0.2) is 36.4 Å². The summed E-state index contributed by atoms with van der Waals surface area (Å²) < 4.78 is 0. The number of nitrogens with one attached hydrogen (secondary N) is 1. The minimum atomic E-state index is -0.126. The minimum absolute atomic E-state index is 0.126. The van der Waals surface area contributed by atoms with E-state index in [1.54, 1.807) is 6.07 Å². The van der Waals surface area contributed by atoms with Gasteiger partial charge in [0.2, 0.25) is 0 Å². The summed E-state index contributed by atoms with van der Waals surface area (Å²) in [5.74, 6) is 0.293. The van der Waals surface area contributed by atoms with E-state index in [2.05, 4.69) is 19.2 Å². The second-order valence-electron chi connectivity index (χ2n) is 5.35.